The van der Waals surface area contributed by atoms with Gasteiger partial charge in [-0.25, -0.2) is 14.6 Å². The Kier molecular flexibility index (Phi) is 6.50. The van der Waals surface area contributed by atoms with Gasteiger partial charge in [-0.1, -0.05) is 12.6 Å². The summed E-state index contributed by atoms with van der Waals surface area (Å²) in [5, 5.41) is 6.86. The fraction of sp³-hybridized carbons (Fsp3) is 0.407. The van der Waals surface area contributed by atoms with E-state index in [2.05, 4.69) is 40.5 Å². The fourth-order valence-electron chi connectivity index (χ4n) is 5.40. The van der Waals surface area contributed by atoms with Crippen LogP contribution in [-0.2, 0) is 9.53 Å². The van der Waals surface area contributed by atoms with Crippen LogP contribution in [0.1, 0.15) is 18.0 Å². The average molecular weight is 534 g/mol. The summed E-state index contributed by atoms with van der Waals surface area (Å²) in [6, 6.07) is 6.27. The summed E-state index contributed by atoms with van der Waals surface area (Å²) in [7, 11) is 1.69. The molecule has 5 heterocycles. The maximum atomic E-state index is 13.2. The van der Waals surface area contributed by atoms with Crippen molar-refractivity contribution in [2.45, 2.75) is 19.4 Å². The van der Waals surface area contributed by atoms with Crippen LogP contribution in [0.2, 0.25) is 0 Å². The number of aryl methyl sites for hydroxylation is 1. The number of morpholine rings is 1. The van der Waals surface area contributed by atoms with E-state index in [0.29, 0.717) is 49.9 Å². The molecule has 1 atom stereocenters. The lowest BCUT2D eigenvalue weighted by Crippen LogP contribution is -2.40. The standard InChI is InChI=1S/C27H31N7O3S/c1-16-10-18-12-21(38-24(18)20(11-16)36-3)23-22-25(28)29-15-30-26(22)34(31-23)19-4-5-33(14-19)27(35)17(2)13-32-6-8-37-9-7-32/h10-12,15,19H,2,4-9,13-14H2,1,3H3,(H2,28,29,30)/t19-/m0/s1. The number of amides is 1. The highest BCUT2D eigenvalue weighted by molar-refractivity contribution is 7.22. The Morgan fingerprint density at radius 3 is 2.84 bits per heavy atom. The van der Waals surface area contributed by atoms with Crippen LogP contribution < -0.4 is 10.5 Å². The number of rotatable bonds is 6. The molecule has 1 amide bonds. The van der Waals surface area contributed by atoms with Crippen molar-refractivity contribution in [3.63, 3.8) is 0 Å². The molecule has 1 aromatic carbocycles. The number of thiophene rings is 1. The zero-order valence-electron chi connectivity index (χ0n) is 21.6. The summed E-state index contributed by atoms with van der Waals surface area (Å²) in [6.45, 7) is 10.9. The number of fused-ring (bicyclic) bond motifs is 2. The van der Waals surface area contributed by atoms with E-state index in [9.17, 15) is 4.79 Å². The first kappa shape index (κ1) is 24.8. The minimum Gasteiger partial charge on any atom is -0.495 e. The minimum absolute atomic E-state index is 0.00297. The van der Waals surface area contributed by atoms with Gasteiger partial charge in [-0.15, -0.1) is 11.3 Å². The van der Waals surface area contributed by atoms with Crippen LogP contribution in [0.25, 0.3) is 31.7 Å². The lowest BCUT2D eigenvalue weighted by molar-refractivity contribution is -0.126. The number of carbonyl (C=O) groups is 1. The van der Waals surface area contributed by atoms with Gasteiger partial charge in [0.25, 0.3) is 5.91 Å². The molecule has 198 valence electrons. The third-order valence-electron chi connectivity index (χ3n) is 7.32. The SMILES string of the molecule is C=C(CN1CCOCC1)C(=O)N1CC[C@H](n2nc(-c3cc4cc(C)cc(OC)c4s3)c3c(N)ncnc32)C1. The predicted octanol–water partition coefficient (Wildman–Crippen LogP) is 3.27. The van der Waals surface area contributed by atoms with Gasteiger partial charge in [0, 0.05) is 38.3 Å². The van der Waals surface area contributed by atoms with Crippen LogP contribution in [0.15, 0.2) is 36.7 Å². The van der Waals surface area contributed by atoms with Crippen LogP contribution in [0.3, 0.4) is 0 Å². The molecule has 0 saturated carbocycles. The molecule has 2 N–H and O–H groups in total. The van der Waals surface area contributed by atoms with E-state index in [1.165, 1.54) is 6.33 Å². The number of anilines is 1. The molecule has 2 saturated heterocycles. The second-order valence-corrected chi connectivity index (χ2v) is 11.0. The number of carbonyl (C=O) groups excluding carboxylic acids is 1. The number of benzene rings is 1. The molecule has 0 radical (unpaired) electrons. The van der Waals surface area contributed by atoms with Gasteiger partial charge in [0.15, 0.2) is 5.65 Å². The van der Waals surface area contributed by atoms with Crippen molar-refractivity contribution < 1.29 is 14.3 Å². The largest absolute Gasteiger partial charge is 0.495 e. The highest BCUT2D eigenvalue weighted by atomic mass is 32.1. The van der Waals surface area contributed by atoms with Gasteiger partial charge in [0.1, 0.15) is 23.6 Å². The fourth-order valence-corrected chi connectivity index (χ4v) is 6.53. The maximum Gasteiger partial charge on any atom is 0.250 e. The molecule has 2 aliphatic heterocycles. The molecule has 0 unspecified atom stereocenters. The molecule has 0 aliphatic carbocycles. The first-order chi connectivity index (χ1) is 18.4. The number of likely N-dealkylation sites (tertiary alicyclic amines) is 1. The molecule has 0 spiro atoms. The Labute approximate surface area is 224 Å². The van der Waals surface area contributed by atoms with E-state index >= 15 is 0 Å². The lowest BCUT2D eigenvalue weighted by atomic mass is 10.1. The topological polar surface area (TPSA) is 112 Å². The number of nitrogen functional groups attached to an aromatic ring is 1. The second kappa shape index (κ2) is 9.97. The van der Waals surface area contributed by atoms with E-state index < -0.39 is 0 Å². The van der Waals surface area contributed by atoms with Crippen LogP contribution in [0, 0.1) is 6.92 Å². The van der Waals surface area contributed by atoms with Gasteiger partial charge in [-0.2, -0.15) is 5.10 Å². The predicted molar refractivity (Wildman–Crippen MR) is 148 cm³/mol. The molecule has 3 aromatic heterocycles. The first-order valence-corrected chi connectivity index (χ1v) is 13.6. The number of aromatic nitrogens is 4. The molecule has 2 aliphatic rings. The number of hydrogen-bond acceptors (Lipinski definition) is 9. The Morgan fingerprint density at radius 1 is 1.24 bits per heavy atom. The normalized spacial score (nSPS) is 18.5. The number of nitrogens with zero attached hydrogens (tertiary/aromatic N) is 6. The number of methoxy groups -OCH3 is 1. The molecule has 10 nitrogen and oxygen atoms in total. The molecular weight excluding hydrogens is 502 g/mol. The second-order valence-electron chi connectivity index (χ2n) is 9.93. The number of hydrogen-bond donors (Lipinski definition) is 1. The van der Waals surface area contributed by atoms with Crippen molar-refractivity contribution >= 4 is 44.2 Å². The molecule has 6 rings (SSSR count). The van der Waals surface area contributed by atoms with E-state index in [4.69, 9.17) is 20.3 Å². The number of nitrogens with two attached hydrogens (primary N) is 1. The molecule has 38 heavy (non-hydrogen) atoms. The monoisotopic (exact) mass is 533 g/mol. The zero-order chi connectivity index (χ0) is 26.4. The van der Waals surface area contributed by atoms with Crippen molar-refractivity contribution in [1.29, 1.82) is 0 Å². The van der Waals surface area contributed by atoms with E-state index in [1.807, 2.05) is 15.6 Å². The molecule has 11 heteroatoms. The van der Waals surface area contributed by atoms with Crippen LogP contribution in [-0.4, -0.2) is 88.5 Å². The molecule has 0 bridgehead atoms. The van der Waals surface area contributed by atoms with Crippen molar-refractivity contribution in [2.75, 3.05) is 58.8 Å². The van der Waals surface area contributed by atoms with Crippen LogP contribution >= 0.6 is 11.3 Å². The van der Waals surface area contributed by atoms with Crippen molar-refractivity contribution in [2.24, 2.45) is 0 Å². The van der Waals surface area contributed by atoms with Gasteiger partial charge >= 0.3 is 0 Å². The molecule has 4 aromatic rings. The summed E-state index contributed by atoms with van der Waals surface area (Å²) in [4.78, 5) is 27.1. The Hall–Kier alpha value is -3.54. The van der Waals surface area contributed by atoms with Gasteiger partial charge in [-0.05, 0) is 36.4 Å². The summed E-state index contributed by atoms with van der Waals surface area (Å²) >= 11 is 1.61. The maximum absolute atomic E-state index is 13.2. The zero-order valence-corrected chi connectivity index (χ0v) is 22.5. The van der Waals surface area contributed by atoms with Gasteiger partial charge < -0.3 is 20.1 Å². The van der Waals surface area contributed by atoms with E-state index in [1.54, 1.807) is 18.4 Å². The molecule has 2 fully saturated rings. The van der Waals surface area contributed by atoms with Crippen molar-refractivity contribution in [3.8, 4) is 16.3 Å². The van der Waals surface area contributed by atoms with Crippen molar-refractivity contribution in [1.82, 2.24) is 29.5 Å². The highest BCUT2D eigenvalue weighted by Gasteiger charge is 2.32. The third-order valence-corrected chi connectivity index (χ3v) is 8.49. The smallest absolute Gasteiger partial charge is 0.250 e. The Balaban J connectivity index is 1.30. The first-order valence-electron chi connectivity index (χ1n) is 12.8. The Bertz CT molecular complexity index is 1540. The number of ether oxygens (including phenoxy) is 2. The van der Waals surface area contributed by atoms with Crippen molar-refractivity contribution in [3.05, 3.63) is 42.2 Å². The summed E-state index contributed by atoms with van der Waals surface area (Å²) in [5.74, 6) is 1.23. The van der Waals surface area contributed by atoms with Gasteiger partial charge in [0.2, 0.25) is 0 Å². The summed E-state index contributed by atoms with van der Waals surface area (Å²) < 4.78 is 14.0. The average Bonchev–Trinajstić information content (AvgIpc) is 3.65. The lowest BCUT2D eigenvalue weighted by Gasteiger charge is -2.28. The highest BCUT2D eigenvalue weighted by Crippen LogP contribution is 2.42. The van der Waals surface area contributed by atoms with Gasteiger partial charge in [-0.3, -0.25) is 9.69 Å². The van der Waals surface area contributed by atoms with E-state index in [0.717, 1.165) is 56.9 Å². The van der Waals surface area contributed by atoms with Crippen LogP contribution in [0.5, 0.6) is 5.75 Å². The minimum atomic E-state index is -0.0214. The Morgan fingerprint density at radius 2 is 2.05 bits per heavy atom. The third kappa shape index (κ3) is 4.40. The molecular formula is C27H31N7O3S. The van der Waals surface area contributed by atoms with Crippen LogP contribution in [0.4, 0.5) is 5.82 Å². The van der Waals surface area contributed by atoms with Gasteiger partial charge in [0.05, 0.1) is 41.3 Å². The quantitative estimate of drug-likeness (QED) is 0.376. The summed E-state index contributed by atoms with van der Waals surface area (Å²) in [6.07, 6.45) is 2.25. The summed E-state index contributed by atoms with van der Waals surface area (Å²) in [5.41, 5.74) is 9.54. The van der Waals surface area contributed by atoms with E-state index in [-0.39, 0.29) is 11.9 Å².